The lowest BCUT2D eigenvalue weighted by Crippen LogP contribution is -2.16. The smallest absolute Gasteiger partial charge is 0.196 e. The van der Waals surface area contributed by atoms with Crippen LogP contribution in [0.25, 0.3) is 11.1 Å². The molecule has 0 fully saturated rings. The molecule has 0 saturated carbocycles. The first-order chi connectivity index (χ1) is 10.2. The Labute approximate surface area is 126 Å². The lowest BCUT2D eigenvalue weighted by atomic mass is 10.1. The normalized spacial score (nSPS) is 12.1. The Morgan fingerprint density at radius 2 is 1.52 bits per heavy atom. The largest absolute Gasteiger partial charge is 0.508 e. The van der Waals surface area contributed by atoms with Gasteiger partial charge in [-0.15, -0.1) is 0 Å². The Morgan fingerprint density at radius 3 is 2.10 bits per heavy atom. The van der Waals surface area contributed by atoms with Gasteiger partial charge < -0.3 is 14.6 Å². The van der Waals surface area contributed by atoms with Crippen molar-refractivity contribution in [2.75, 3.05) is 6.61 Å². The molecule has 0 aliphatic rings. The van der Waals surface area contributed by atoms with Crippen LogP contribution in [-0.4, -0.2) is 18.0 Å². The maximum Gasteiger partial charge on any atom is 0.196 e. The molecule has 1 unspecified atom stereocenters. The Hall–Kier alpha value is -2.00. The lowest BCUT2D eigenvalue weighted by molar-refractivity contribution is -0.0673. The van der Waals surface area contributed by atoms with Gasteiger partial charge in [-0.05, 0) is 48.7 Å². The number of ether oxygens (including phenoxy) is 2. The maximum absolute atomic E-state index is 9.30. The number of hydrogen-bond acceptors (Lipinski definition) is 3. The standard InChI is InChI=1S/C18H22O3/c1-3-4-13-20-14(2)21-18-11-7-16(8-12-18)15-5-9-17(19)10-6-15/h5-12,14,19H,3-4,13H2,1-2H3. The van der Waals surface area contributed by atoms with Gasteiger partial charge in [-0.25, -0.2) is 0 Å². The Morgan fingerprint density at radius 1 is 0.952 bits per heavy atom. The van der Waals surface area contributed by atoms with Crippen molar-refractivity contribution in [3.63, 3.8) is 0 Å². The summed E-state index contributed by atoms with van der Waals surface area (Å²) >= 11 is 0. The molecule has 0 aliphatic heterocycles. The predicted octanol–water partition coefficient (Wildman–Crippen LogP) is 4.60. The average Bonchev–Trinajstić information content (AvgIpc) is 2.49. The van der Waals surface area contributed by atoms with E-state index in [2.05, 4.69) is 6.92 Å². The second-order valence-electron chi connectivity index (χ2n) is 4.98. The van der Waals surface area contributed by atoms with E-state index in [0.29, 0.717) is 0 Å². The highest BCUT2D eigenvalue weighted by Crippen LogP contribution is 2.24. The van der Waals surface area contributed by atoms with Crippen LogP contribution in [0.2, 0.25) is 0 Å². The van der Waals surface area contributed by atoms with Crippen molar-refractivity contribution in [1.29, 1.82) is 0 Å². The Bertz CT molecular complexity index is 531. The van der Waals surface area contributed by atoms with Crippen LogP contribution >= 0.6 is 0 Å². The third-order valence-corrected chi connectivity index (χ3v) is 3.21. The van der Waals surface area contributed by atoms with Crippen molar-refractivity contribution in [2.24, 2.45) is 0 Å². The average molecular weight is 286 g/mol. The van der Waals surface area contributed by atoms with Crippen molar-refractivity contribution >= 4 is 0 Å². The van der Waals surface area contributed by atoms with Crippen LogP contribution in [0.4, 0.5) is 0 Å². The van der Waals surface area contributed by atoms with Gasteiger partial charge in [0.2, 0.25) is 0 Å². The number of aromatic hydroxyl groups is 1. The highest BCUT2D eigenvalue weighted by molar-refractivity contribution is 5.64. The fourth-order valence-corrected chi connectivity index (χ4v) is 2.00. The van der Waals surface area contributed by atoms with Gasteiger partial charge in [-0.3, -0.25) is 0 Å². The molecule has 1 atom stereocenters. The summed E-state index contributed by atoms with van der Waals surface area (Å²) in [4.78, 5) is 0. The van der Waals surface area contributed by atoms with Crippen LogP contribution in [0.5, 0.6) is 11.5 Å². The molecule has 2 rings (SSSR count). The van der Waals surface area contributed by atoms with E-state index in [-0.39, 0.29) is 12.0 Å². The molecule has 0 heterocycles. The molecule has 1 N–H and O–H groups in total. The van der Waals surface area contributed by atoms with E-state index in [0.717, 1.165) is 36.3 Å². The van der Waals surface area contributed by atoms with Gasteiger partial charge in [-0.1, -0.05) is 37.6 Å². The lowest BCUT2D eigenvalue weighted by Gasteiger charge is -2.15. The highest BCUT2D eigenvalue weighted by Gasteiger charge is 2.04. The molecule has 0 bridgehead atoms. The fraction of sp³-hybridized carbons (Fsp3) is 0.333. The highest BCUT2D eigenvalue weighted by atomic mass is 16.7. The minimum atomic E-state index is -0.240. The summed E-state index contributed by atoms with van der Waals surface area (Å²) in [5.74, 6) is 1.07. The zero-order valence-electron chi connectivity index (χ0n) is 12.6. The fourth-order valence-electron chi connectivity index (χ4n) is 2.00. The number of phenolic OH excluding ortho intramolecular Hbond substituents is 1. The molecule has 21 heavy (non-hydrogen) atoms. The topological polar surface area (TPSA) is 38.7 Å². The second-order valence-corrected chi connectivity index (χ2v) is 4.98. The van der Waals surface area contributed by atoms with E-state index >= 15 is 0 Å². The summed E-state index contributed by atoms with van der Waals surface area (Å²) in [5, 5.41) is 9.30. The van der Waals surface area contributed by atoms with E-state index in [1.165, 1.54) is 0 Å². The number of hydrogen-bond donors (Lipinski definition) is 1. The van der Waals surface area contributed by atoms with Gasteiger partial charge in [0.1, 0.15) is 11.5 Å². The van der Waals surface area contributed by atoms with Crippen LogP contribution in [0.3, 0.4) is 0 Å². The molecule has 112 valence electrons. The third kappa shape index (κ3) is 4.80. The maximum atomic E-state index is 9.30. The number of benzene rings is 2. The minimum absolute atomic E-state index is 0.240. The molecule has 2 aromatic rings. The van der Waals surface area contributed by atoms with E-state index in [1.807, 2.05) is 43.3 Å². The van der Waals surface area contributed by atoms with E-state index in [4.69, 9.17) is 9.47 Å². The Balaban J connectivity index is 1.94. The van der Waals surface area contributed by atoms with Crippen molar-refractivity contribution in [1.82, 2.24) is 0 Å². The van der Waals surface area contributed by atoms with Crippen LogP contribution in [0.15, 0.2) is 48.5 Å². The summed E-state index contributed by atoms with van der Waals surface area (Å²) in [6.45, 7) is 4.77. The first-order valence-electron chi connectivity index (χ1n) is 7.37. The van der Waals surface area contributed by atoms with Crippen LogP contribution in [0, 0.1) is 0 Å². The summed E-state index contributed by atoms with van der Waals surface area (Å²) in [5.41, 5.74) is 2.15. The quantitative estimate of drug-likeness (QED) is 0.597. The van der Waals surface area contributed by atoms with E-state index in [1.54, 1.807) is 12.1 Å². The molecule has 0 aromatic heterocycles. The summed E-state index contributed by atoms with van der Waals surface area (Å²) < 4.78 is 11.3. The first-order valence-corrected chi connectivity index (χ1v) is 7.37. The molecule has 0 aliphatic carbocycles. The van der Waals surface area contributed by atoms with Crippen molar-refractivity contribution < 1.29 is 14.6 Å². The predicted molar refractivity (Wildman–Crippen MR) is 84.5 cm³/mol. The molecular weight excluding hydrogens is 264 g/mol. The summed E-state index contributed by atoms with van der Waals surface area (Å²) in [6, 6.07) is 15.0. The molecule has 3 nitrogen and oxygen atoms in total. The SMILES string of the molecule is CCCCOC(C)Oc1ccc(-c2ccc(O)cc2)cc1. The van der Waals surface area contributed by atoms with Gasteiger partial charge >= 0.3 is 0 Å². The second kappa shape index (κ2) is 7.70. The molecule has 0 spiro atoms. The number of rotatable bonds is 7. The van der Waals surface area contributed by atoms with Crippen LogP contribution < -0.4 is 4.74 Å². The number of unbranched alkanes of at least 4 members (excludes halogenated alkanes) is 1. The van der Waals surface area contributed by atoms with Crippen molar-refractivity contribution in [2.45, 2.75) is 33.0 Å². The molecule has 0 radical (unpaired) electrons. The van der Waals surface area contributed by atoms with Crippen molar-refractivity contribution in [3.8, 4) is 22.6 Å². The van der Waals surface area contributed by atoms with E-state index < -0.39 is 0 Å². The molecule has 3 heteroatoms. The number of phenols is 1. The first kappa shape index (κ1) is 15.4. The van der Waals surface area contributed by atoms with Gasteiger partial charge in [0.25, 0.3) is 0 Å². The van der Waals surface area contributed by atoms with Gasteiger partial charge in [0.15, 0.2) is 6.29 Å². The summed E-state index contributed by atoms with van der Waals surface area (Å²) in [7, 11) is 0. The van der Waals surface area contributed by atoms with Crippen molar-refractivity contribution in [3.05, 3.63) is 48.5 Å². The molecule has 0 amide bonds. The van der Waals surface area contributed by atoms with Crippen LogP contribution in [0.1, 0.15) is 26.7 Å². The zero-order chi connectivity index (χ0) is 15.1. The third-order valence-electron chi connectivity index (χ3n) is 3.21. The van der Waals surface area contributed by atoms with Gasteiger partial charge in [-0.2, -0.15) is 0 Å². The monoisotopic (exact) mass is 286 g/mol. The van der Waals surface area contributed by atoms with Gasteiger partial charge in [0.05, 0.1) is 6.61 Å². The molecule has 0 saturated heterocycles. The van der Waals surface area contributed by atoms with E-state index in [9.17, 15) is 5.11 Å². The molecular formula is C18H22O3. The van der Waals surface area contributed by atoms with Crippen LogP contribution in [-0.2, 0) is 4.74 Å². The minimum Gasteiger partial charge on any atom is -0.508 e. The summed E-state index contributed by atoms with van der Waals surface area (Å²) in [6.07, 6.45) is 1.93. The molecule has 2 aromatic carbocycles. The van der Waals surface area contributed by atoms with Gasteiger partial charge in [0, 0.05) is 0 Å². The Kier molecular flexibility index (Phi) is 5.64. The zero-order valence-corrected chi connectivity index (χ0v) is 12.6.